The lowest BCUT2D eigenvalue weighted by Gasteiger charge is -2.31. The smallest absolute Gasteiger partial charge is 0.272 e. The van der Waals surface area contributed by atoms with Gasteiger partial charge in [-0.2, -0.15) is 0 Å². The monoisotopic (exact) mass is 436 g/mol. The number of fused-ring (bicyclic) bond motifs is 1. The van der Waals surface area contributed by atoms with Crippen LogP contribution in [0, 0.1) is 5.92 Å². The molecule has 1 aliphatic heterocycles. The van der Waals surface area contributed by atoms with Crippen LogP contribution < -0.4 is 0 Å². The standard InChI is InChI=1S/C25H28N2O3S/c1-2-7-19-14-16-27(17-15-19)25(28)23-12-6-10-21(26-23)18-31(29,30)24-13-5-9-20-8-3-4-11-22(20)24/h3-6,8-13,19H,2,7,14-18H2,1H3. The number of piperidine rings is 1. The van der Waals surface area contributed by atoms with Crippen molar-refractivity contribution in [3.63, 3.8) is 0 Å². The van der Waals surface area contributed by atoms with Gasteiger partial charge >= 0.3 is 0 Å². The number of sulfone groups is 1. The molecule has 2 aromatic carbocycles. The number of likely N-dealkylation sites (tertiary alicyclic amines) is 1. The van der Waals surface area contributed by atoms with Crippen LogP contribution in [0.2, 0.25) is 0 Å². The molecule has 0 spiro atoms. The molecule has 1 amide bonds. The Balaban J connectivity index is 1.53. The SMILES string of the molecule is CCCC1CCN(C(=O)c2cccc(CS(=O)(=O)c3cccc4ccccc34)n2)CC1. The molecule has 0 radical (unpaired) electrons. The molecule has 1 aromatic heterocycles. The first-order chi connectivity index (χ1) is 15.0. The van der Waals surface area contributed by atoms with Crippen LogP contribution in [0.4, 0.5) is 0 Å². The van der Waals surface area contributed by atoms with Crippen molar-refractivity contribution in [3.8, 4) is 0 Å². The van der Waals surface area contributed by atoms with Crippen molar-refractivity contribution in [1.29, 1.82) is 0 Å². The molecule has 0 bridgehead atoms. The molecule has 0 atom stereocenters. The van der Waals surface area contributed by atoms with Gasteiger partial charge in [-0.05, 0) is 42.3 Å². The van der Waals surface area contributed by atoms with Gasteiger partial charge in [0.1, 0.15) is 5.69 Å². The van der Waals surface area contributed by atoms with Crippen molar-refractivity contribution >= 4 is 26.5 Å². The summed E-state index contributed by atoms with van der Waals surface area (Å²) >= 11 is 0. The fourth-order valence-corrected chi connectivity index (χ4v) is 5.93. The zero-order chi connectivity index (χ0) is 21.8. The van der Waals surface area contributed by atoms with Crippen LogP contribution in [0.3, 0.4) is 0 Å². The minimum absolute atomic E-state index is 0.112. The molecule has 1 saturated heterocycles. The van der Waals surface area contributed by atoms with E-state index < -0.39 is 9.84 Å². The molecule has 0 unspecified atom stereocenters. The van der Waals surface area contributed by atoms with E-state index in [1.807, 2.05) is 35.2 Å². The van der Waals surface area contributed by atoms with E-state index in [0.29, 0.717) is 27.6 Å². The maximum atomic E-state index is 13.2. The molecule has 5 nitrogen and oxygen atoms in total. The Bertz CT molecular complexity index is 1180. The first-order valence-electron chi connectivity index (χ1n) is 10.9. The van der Waals surface area contributed by atoms with Gasteiger partial charge in [0.05, 0.1) is 16.3 Å². The quantitative estimate of drug-likeness (QED) is 0.553. The Hall–Kier alpha value is -2.73. The molecular weight excluding hydrogens is 408 g/mol. The van der Waals surface area contributed by atoms with Gasteiger partial charge < -0.3 is 4.90 Å². The van der Waals surface area contributed by atoms with E-state index in [1.165, 1.54) is 12.8 Å². The average Bonchev–Trinajstić information content (AvgIpc) is 2.79. The van der Waals surface area contributed by atoms with Gasteiger partial charge in [-0.1, -0.05) is 62.2 Å². The van der Waals surface area contributed by atoms with E-state index in [9.17, 15) is 13.2 Å². The van der Waals surface area contributed by atoms with Crippen LogP contribution >= 0.6 is 0 Å². The highest BCUT2D eigenvalue weighted by Gasteiger charge is 2.25. The number of amides is 1. The van der Waals surface area contributed by atoms with Crippen LogP contribution in [0.1, 0.15) is 48.8 Å². The van der Waals surface area contributed by atoms with Crippen molar-refractivity contribution < 1.29 is 13.2 Å². The van der Waals surface area contributed by atoms with E-state index in [4.69, 9.17) is 0 Å². The van der Waals surface area contributed by atoms with Crippen molar-refractivity contribution in [2.24, 2.45) is 5.92 Å². The van der Waals surface area contributed by atoms with Gasteiger partial charge in [0, 0.05) is 18.5 Å². The molecule has 1 fully saturated rings. The van der Waals surface area contributed by atoms with Gasteiger partial charge in [-0.3, -0.25) is 4.79 Å². The summed E-state index contributed by atoms with van der Waals surface area (Å²) in [4.78, 5) is 19.5. The summed E-state index contributed by atoms with van der Waals surface area (Å²) in [7, 11) is -3.61. The largest absolute Gasteiger partial charge is 0.337 e. The number of hydrogen-bond acceptors (Lipinski definition) is 4. The fraction of sp³-hybridized carbons (Fsp3) is 0.360. The highest BCUT2D eigenvalue weighted by molar-refractivity contribution is 7.90. The van der Waals surface area contributed by atoms with Crippen LogP contribution in [0.15, 0.2) is 65.6 Å². The number of hydrogen-bond donors (Lipinski definition) is 0. The lowest BCUT2D eigenvalue weighted by Crippen LogP contribution is -2.38. The molecule has 3 aromatic rings. The van der Waals surface area contributed by atoms with Crippen LogP contribution in [0.5, 0.6) is 0 Å². The number of benzene rings is 2. The first kappa shape index (κ1) is 21.5. The predicted molar refractivity (Wildman–Crippen MR) is 123 cm³/mol. The maximum Gasteiger partial charge on any atom is 0.272 e. The second-order valence-corrected chi connectivity index (χ2v) is 10.2. The van der Waals surface area contributed by atoms with Crippen molar-refractivity contribution in [2.45, 2.75) is 43.3 Å². The summed E-state index contributed by atoms with van der Waals surface area (Å²) < 4.78 is 26.3. The van der Waals surface area contributed by atoms with E-state index in [1.54, 1.807) is 30.3 Å². The van der Waals surface area contributed by atoms with Crippen molar-refractivity contribution in [1.82, 2.24) is 9.88 Å². The predicted octanol–water partition coefficient (Wildman–Crippen LogP) is 4.86. The topological polar surface area (TPSA) is 67.3 Å². The van der Waals surface area contributed by atoms with Gasteiger partial charge in [0.25, 0.3) is 5.91 Å². The number of aromatic nitrogens is 1. The summed E-state index contributed by atoms with van der Waals surface area (Å²) in [6, 6.07) is 17.8. The zero-order valence-electron chi connectivity index (χ0n) is 17.8. The van der Waals surface area contributed by atoms with Gasteiger partial charge in [0.15, 0.2) is 9.84 Å². The minimum atomic E-state index is -3.61. The summed E-state index contributed by atoms with van der Waals surface area (Å²) in [5, 5.41) is 1.58. The molecule has 0 N–H and O–H groups in total. The Labute approximate surface area is 184 Å². The molecule has 2 heterocycles. The zero-order valence-corrected chi connectivity index (χ0v) is 18.6. The third-order valence-electron chi connectivity index (χ3n) is 6.05. The Morgan fingerprint density at radius 2 is 1.71 bits per heavy atom. The first-order valence-corrected chi connectivity index (χ1v) is 12.6. The van der Waals surface area contributed by atoms with E-state index in [2.05, 4.69) is 11.9 Å². The van der Waals surface area contributed by atoms with Gasteiger partial charge in [-0.15, -0.1) is 0 Å². The summed E-state index contributed by atoms with van der Waals surface area (Å²) in [5.74, 6) is 0.347. The molecule has 0 aliphatic carbocycles. The molecule has 6 heteroatoms. The van der Waals surface area contributed by atoms with Gasteiger partial charge in [-0.25, -0.2) is 13.4 Å². The highest BCUT2D eigenvalue weighted by atomic mass is 32.2. The fourth-order valence-electron chi connectivity index (χ4n) is 4.41. The van der Waals surface area contributed by atoms with Gasteiger partial charge in [0.2, 0.25) is 0 Å². The Morgan fingerprint density at radius 1 is 1.00 bits per heavy atom. The molecule has 162 valence electrons. The number of rotatable bonds is 6. The molecule has 0 saturated carbocycles. The molecule has 4 rings (SSSR count). The van der Waals surface area contributed by atoms with E-state index in [-0.39, 0.29) is 11.7 Å². The molecule has 1 aliphatic rings. The number of pyridine rings is 1. The van der Waals surface area contributed by atoms with E-state index >= 15 is 0 Å². The van der Waals surface area contributed by atoms with Crippen LogP contribution in [0.25, 0.3) is 10.8 Å². The third-order valence-corrected chi connectivity index (χ3v) is 7.75. The second kappa shape index (κ2) is 9.18. The molecular formula is C25H28N2O3S. The summed E-state index contributed by atoms with van der Waals surface area (Å²) in [5.41, 5.74) is 0.708. The van der Waals surface area contributed by atoms with Crippen molar-refractivity contribution in [3.05, 3.63) is 72.1 Å². The summed E-state index contributed by atoms with van der Waals surface area (Å²) in [6.45, 7) is 3.67. The summed E-state index contributed by atoms with van der Waals surface area (Å²) in [6.07, 6.45) is 4.43. The number of carbonyl (C=O) groups is 1. The lowest BCUT2D eigenvalue weighted by atomic mass is 9.92. The lowest BCUT2D eigenvalue weighted by molar-refractivity contribution is 0.0680. The number of nitrogens with zero attached hydrogens (tertiary/aromatic N) is 2. The number of carbonyl (C=O) groups excluding carboxylic acids is 1. The Morgan fingerprint density at radius 3 is 2.48 bits per heavy atom. The third kappa shape index (κ3) is 4.79. The second-order valence-electron chi connectivity index (χ2n) is 8.27. The average molecular weight is 437 g/mol. The van der Waals surface area contributed by atoms with Crippen molar-refractivity contribution in [2.75, 3.05) is 13.1 Å². The highest BCUT2D eigenvalue weighted by Crippen LogP contribution is 2.26. The molecule has 31 heavy (non-hydrogen) atoms. The van der Waals surface area contributed by atoms with E-state index in [0.717, 1.165) is 31.3 Å². The van der Waals surface area contributed by atoms with Crippen LogP contribution in [-0.4, -0.2) is 37.3 Å². The normalized spacial score (nSPS) is 15.3. The maximum absolute atomic E-state index is 13.2. The minimum Gasteiger partial charge on any atom is -0.337 e. The van der Waals surface area contributed by atoms with Crippen LogP contribution in [-0.2, 0) is 15.6 Å². The Kier molecular flexibility index (Phi) is 6.37.